The van der Waals surface area contributed by atoms with Gasteiger partial charge in [-0.1, -0.05) is 48.2 Å². The highest BCUT2D eigenvalue weighted by Gasteiger charge is 2.33. The molecule has 0 N–H and O–H groups in total. The van der Waals surface area contributed by atoms with E-state index in [1.807, 2.05) is 41.8 Å². The number of rotatable bonds is 6. The molecule has 1 aromatic heterocycles. The van der Waals surface area contributed by atoms with E-state index in [0.717, 1.165) is 5.56 Å². The molecule has 2 atom stereocenters. The minimum absolute atomic E-state index is 0.00836. The number of ketones is 1. The van der Waals surface area contributed by atoms with Crippen molar-refractivity contribution < 1.29 is 9.59 Å². The molecule has 0 fully saturated rings. The molecule has 6 heteroatoms. The third-order valence-corrected chi connectivity index (χ3v) is 5.76. The average molecular weight is 354 g/mol. The second-order valence-electron chi connectivity index (χ2n) is 5.36. The number of carbonyl (C=O) groups excluding carboxylic acids is 2. The number of hydrogen-bond donors (Lipinski definition) is 0. The Balaban J connectivity index is 1.93. The smallest absolute Gasteiger partial charge is 0.256 e. The highest BCUT2D eigenvalue weighted by molar-refractivity contribution is 8.15. The van der Waals surface area contributed by atoms with Crippen molar-refractivity contribution in [3.05, 3.63) is 58.3 Å². The van der Waals surface area contributed by atoms with Crippen molar-refractivity contribution in [2.75, 3.05) is 5.75 Å². The lowest BCUT2D eigenvalue weighted by Crippen LogP contribution is -2.21. The summed E-state index contributed by atoms with van der Waals surface area (Å²) in [5.74, 6) is -0.843. The molecular weight excluding hydrogens is 340 g/mol. The van der Waals surface area contributed by atoms with Crippen LogP contribution in [0.4, 0.5) is 0 Å². The van der Waals surface area contributed by atoms with E-state index in [0.29, 0.717) is 9.92 Å². The van der Waals surface area contributed by atoms with Crippen LogP contribution in [0.3, 0.4) is 0 Å². The minimum Gasteiger partial charge on any atom is -0.293 e. The van der Waals surface area contributed by atoms with Crippen LogP contribution in [0.1, 0.15) is 27.6 Å². The minimum atomic E-state index is -0.590. The molecule has 2 aromatic rings. The van der Waals surface area contributed by atoms with Crippen LogP contribution in [0.5, 0.6) is 0 Å². The fourth-order valence-corrected chi connectivity index (χ4v) is 4.24. The lowest BCUT2D eigenvalue weighted by Gasteiger charge is -2.21. The van der Waals surface area contributed by atoms with Crippen LogP contribution in [0.25, 0.3) is 0 Å². The summed E-state index contributed by atoms with van der Waals surface area (Å²) in [6.45, 7) is 0. The Morgan fingerprint density at radius 2 is 2.04 bits per heavy atom. The van der Waals surface area contributed by atoms with Crippen molar-refractivity contribution in [2.24, 2.45) is 10.9 Å². The Kier molecular flexibility index (Phi) is 5.24. The fraction of sp³-hybridized carbons (Fsp3) is 0.222. The number of nitrogens with zero attached hydrogens (tertiary/aromatic N) is 2. The Morgan fingerprint density at radius 3 is 2.62 bits per heavy atom. The molecule has 4 nitrogen and oxygen atoms in total. The second kappa shape index (κ2) is 7.56. The van der Waals surface area contributed by atoms with Crippen molar-refractivity contribution >= 4 is 39.8 Å². The van der Waals surface area contributed by atoms with Crippen LogP contribution >= 0.6 is 23.1 Å². The molecule has 0 saturated heterocycles. The highest BCUT2D eigenvalue weighted by atomic mass is 32.2. The van der Waals surface area contributed by atoms with E-state index in [-0.39, 0.29) is 29.8 Å². The van der Waals surface area contributed by atoms with Crippen LogP contribution in [0.15, 0.2) is 52.8 Å². The molecule has 1 aliphatic rings. The number of aliphatic imine (C=N–C) groups is 1. The van der Waals surface area contributed by atoms with Gasteiger partial charge in [0.25, 0.3) is 5.91 Å². The van der Waals surface area contributed by atoms with Crippen molar-refractivity contribution in [1.29, 1.82) is 5.26 Å². The quantitative estimate of drug-likeness (QED) is 0.737. The zero-order valence-corrected chi connectivity index (χ0v) is 14.3. The molecule has 0 bridgehead atoms. The maximum Gasteiger partial charge on any atom is 0.256 e. The zero-order valence-electron chi connectivity index (χ0n) is 12.7. The van der Waals surface area contributed by atoms with E-state index in [2.05, 4.69) is 11.1 Å². The maximum atomic E-state index is 12.6. The second-order valence-corrected chi connectivity index (χ2v) is 7.30. The Morgan fingerprint density at radius 1 is 1.25 bits per heavy atom. The van der Waals surface area contributed by atoms with E-state index in [4.69, 9.17) is 0 Å². The molecule has 120 valence electrons. The molecule has 0 saturated carbocycles. The molecule has 24 heavy (non-hydrogen) atoms. The Labute approximate surface area is 148 Å². The van der Waals surface area contributed by atoms with Gasteiger partial charge in [-0.15, -0.1) is 11.3 Å². The van der Waals surface area contributed by atoms with Gasteiger partial charge in [0.05, 0.1) is 21.7 Å². The summed E-state index contributed by atoms with van der Waals surface area (Å²) in [7, 11) is 0. The number of thioether (sulfide) groups is 1. The van der Waals surface area contributed by atoms with Crippen molar-refractivity contribution in [2.45, 2.75) is 12.3 Å². The zero-order chi connectivity index (χ0) is 16.9. The lowest BCUT2D eigenvalue weighted by molar-refractivity contribution is -0.115. The van der Waals surface area contributed by atoms with Gasteiger partial charge in [-0.3, -0.25) is 9.59 Å². The van der Waals surface area contributed by atoms with Gasteiger partial charge in [0.15, 0.2) is 5.78 Å². The average Bonchev–Trinajstić information content (AvgIpc) is 3.27. The Bertz CT molecular complexity index is 807. The van der Waals surface area contributed by atoms with Crippen molar-refractivity contribution in [3.63, 3.8) is 0 Å². The van der Waals surface area contributed by atoms with Crippen LogP contribution in [0.2, 0.25) is 0 Å². The number of benzene rings is 1. The topological polar surface area (TPSA) is 70.3 Å². The van der Waals surface area contributed by atoms with Crippen LogP contribution in [-0.2, 0) is 4.79 Å². The van der Waals surface area contributed by atoms with Crippen molar-refractivity contribution in [3.8, 4) is 6.07 Å². The van der Waals surface area contributed by atoms with E-state index < -0.39 is 5.92 Å². The molecule has 1 aliphatic heterocycles. The predicted octanol–water partition coefficient (Wildman–Crippen LogP) is 3.92. The largest absolute Gasteiger partial charge is 0.293 e. The molecule has 0 aliphatic carbocycles. The lowest BCUT2D eigenvalue weighted by atomic mass is 9.83. The summed E-state index contributed by atoms with van der Waals surface area (Å²) in [6, 6.07) is 15.4. The van der Waals surface area contributed by atoms with Gasteiger partial charge >= 0.3 is 0 Å². The van der Waals surface area contributed by atoms with E-state index in [9.17, 15) is 14.9 Å². The van der Waals surface area contributed by atoms with Gasteiger partial charge in [-0.2, -0.15) is 5.26 Å². The number of amides is 1. The van der Waals surface area contributed by atoms with Gasteiger partial charge in [-0.05, 0) is 17.0 Å². The first-order chi connectivity index (χ1) is 11.7. The number of hydrogen-bond acceptors (Lipinski definition) is 5. The molecular formula is C18H14N2O2S2. The predicted molar refractivity (Wildman–Crippen MR) is 96.5 cm³/mol. The molecule has 1 aromatic carbocycles. The first-order valence-corrected chi connectivity index (χ1v) is 9.31. The molecule has 0 unspecified atom stereocenters. The summed E-state index contributed by atoms with van der Waals surface area (Å²) in [5, 5.41) is 12.1. The van der Waals surface area contributed by atoms with Gasteiger partial charge in [-0.25, -0.2) is 4.99 Å². The summed E-state index contributed by atoms with van der Waals surface area (Å²) in [4.78, 5) is 28.7. The summed E-state index contributed by atoms with van der Waals surface area (Å²) >= 11 is 2.70. The third kappa shape index (κ3) is 3.64. The SMILES string of the molecule is N#C[C@@H](C1=NC(=O)CS1)[C@H](CC(=O)c1cccs1)c1ccccc1. The van der Waals surface area contributed by atoms with Crippen LogP contribution in [-0.4, -0.2) is 22.5 Å². The molecule has 3 rings (SSSR count). The molecule has 0 spiro atoms. The standard InChI is InChI=1S/C18H14N2O2S2/c19-10-14(18-20-17(22)11-24-18)13(12-5-2-1-3-6-12)9-15(21)16-7-4-8-23-16/h1-8,13-14H,9,11H2/t13-,14-/m1/s1. The van der Waals surface area contributed by atoms with Crippen LogP contribution < -0.4 is 0 Å². The first kappa shape index (κ1) is 16.6. The number of thiophene rings is 1. The number of carbonyl (C=O) groups is 2. The third-order valence-electron chi connectivity index (χ3n) is 3.81. The summed E-state index contributed by atoms with van der Waals surface area (Å²) in [6.07, 6.45) is 0.219. The molecule has 2 heterocycles. The maximum absolute atomic E-state index is 12.6. The normalized spacial score (nSPS) is 16.3. The number of Topliss-reactive ketones (excluding diaryl/α,β-unsaturated/α-hetero) is 1. The summed E-state index contributed by atoms with van der Waals surface area (Å²) < 4.78 is 0. The van der Waals surface area contributed by atoms with Crippen LogP contribution in [0, 0.1) is 17.2 Å². The van der Waals surface area contributed by atoms with Gasteiger partial charge in [0.1, 0.15) is 5.92 Å². The monoisotopic (exact) mass is 354 g/mol. The fourth-order valence-electron chi connectivity index (χ4n) is 2.67. The van der Waals surface area contributed by atoms with Gasteiger partial charge < -0.3 is 0 Å². The molecule has 1 amide bonds. The summed E-state index contributed by atoms with van der Waals surface area (Å²) in [5.41, 5.74) is 0.914. The van der Waals surface area contributed by atoms with E-state index in [1.165, 1.54) is 23.1 Å². The van der Waals surface area contributed by atoms with Gasteiger partial charge in [0.2, 0.25) is 0 Å². The molecule has 0 radical (unpaired) electrons. The Hall–Kier alpha value is -2.23. The van der Waals surface area contributed by atoms with Crippen molar-refractivity contribution in [1.82, 2.24) is 0 Å². The first-order valence-electron chi connectivity index (χ1n) is 7.44. The van der Waals surface area contributed by atoms with E-state index in [1.54, 1.807) is 6.07 Å². The highest BCUT2D eigenvalue weighted by Crippen LogP contribution is 2.35. The van der Waals surface area contributed by atoms with Gasteiger partial charge in [0, 0.05) is 12.3 Å². The van der Waals surface area contributed by atoms with E-state index >= 15 is 0 Å². The number of nitriles is 1.